The topological polar surface area (TPSA) is 90.4 Å². The summed E-state index contributed by atoms with van der Waals surface area (Å²) in [6.45, 7) is 12.7. The van der Waals surface area contributed by atoms with Crippen LogP contribution in [0.5, 0.6) is 0 Å². The number of amides is 3. The Morgan fingerprint density at radius 2 is 1.70 bits per heavy atom. The third kappa shape index (κ3) is 5.69. The average molecular weight is 648 g/mol. The van der Waals surface area contributed by atoms with Gasteiger partial charge in [0.2, 0.25) is 11.8 Å². The first-order valence-corrected chi connectivity index (χ1v) is 16.8. The van der Waals surface area contributed by atoms with Gasteiger partial charge in [0.25, 0.3) is 5.91 Å². The summed E-state index contributed by atoms with van der Waals surface area (Å²) in [6.07, 6.45) is 7.90. The van der Waals surface area contributed by atoms with Crippen LogP contribution in [0.2, 0.25) is 5.02 Å². The fraction of sp³-hybridized carbons (Fsp3) is 0.486. The number of para-hydroxylation sites is 2. The van der Waals surface area contributed by atoms with Crippen LogP contribution >= 0.6 is 11.6 Å². The molecule has 1 spiro atoms. The molecule has 3 saturated heterocycles. The molecule has 3 fully saturated rings. The first-order chi connectivity index (χ1) is 22.2. The maximum Gasteiger partial charge on any atom is 0.253 e. The molecular weight excluding hydrogens is 602 g/mol. The third-order valence-corrected chi connectivity index (χ3v) is 10.5. The zero-order chi connectivity index (χ0) is 33.1. The molecule has 2 aromatic carbocycles. The number of hydrogen-bond acceptors (Lipinski definition) is 5. The van der Waals surface area contributed by atoms with E-state index in [9.17, 15) is 19.5 Å². The van der Waals surface area contributed by atoms with E-state index in [1.807, 2.05) is 56.3 Å². The standard InChI is InChI=1S/C37H46ClN3O5/c1-5-22-39(27-17-11-10-12-18-27)33(43)29-30-34(44)41(24-13-8-9-14-25-42)32(37(30)21-20-36(29,7-3)46-37)35(45)40(23-6-2)31-26(4)16-15-19-28(31)38/h5-6,10-12,15-19,29-30,32,42H,1-2,7-9,13-14,20-25H2,3-4H3/t29-,30-,32?,36+,37?/m0/s1. The van der Waals surface area contributed by atoms with Crippen molar-refractivity contribution >= 4 is 40.7 Å². The van der Waals surface area contributed by atoms with Gasteiger partial charge in [0, 0.05) is 31.9 Å². The van der Waals surface area contributed by atoms with Gasteiger partial charge in [-0.15, -0.1) is 13.2 Å². The lowest BCUT2D eigenvalue weighted by molar-refractivity contribution is -0.146. The molecular formula is C37H46ClN3O5. The van der Waals surface area contributed by atoms with Crippen molar-refractivity contribution < 1.29 is 24.2 Å². The van der Waals surface area contributed by atoms with Crippen LogP contribution in [0.15, 0.2) is 73.8 Å². The molecule has 2 unspecified atom stereocenters. The zero-order valence-electron chi connectivity index (χ0n) is 27.0. The molecule has 0 radical (unpaired) electrons. The van der Waals surface area contributed by atoms with Crippen LogP contribution in [0.3, 0.4) is 0 Å². The lowest BCUT2D eigenvalue weighted by Gasteiger charge is -2.37. The number of fused-ring (bicyclic) bond motifs is 1. The Morgan fingerprint density at radius 3 is 2.35 bits per heavy atom. The second kappa shape index (κ2) is 14.1. The SMILES string of the molecule is C=CCN(C(=O)[C@@H]1[C@H]2C(=O)N(CCCCCCO)C(C(=O)N(CC=C)c3c(C)cccc3Cl)C23CC[C@@]1(CC)O3)c1ccccc1. The number of anilines is 2. The van der Waals surface area contributed by atoms with Crippen LogP contribution in [0, 0.1) is 18.8 Å². The summed E-state index contributed by atoms with van der Waals surface area (Å²) in [5, 5.41) is 9.71. The van der Waals surface area contributed by atoms with E-state index in [4.69, 9.17) is 16.3 Å². The van der Waals surface area contributed by atoms with Gasteiger partial charge in [-0.1, -0.05) is 73.9 Å². The molecule has 2 bridgehead atoms. The molecule has 0 saturated carbocycles. The highest BCUT2D eigenvalue weighted by Crippen LogP contribution is 2.65. The normalized spacial score (nSPS) is 26.2. The van der Waals surface area contributed by atoms with Crippen LogP contribution in [0.25, 0.3) is 0 Å². The number of likely N-dealkylation sites (tertiary alicyclic amines) is 1. The Balaban J connectivity index is 1.60. The first-order valence-electron chi connectivity index (χ1n) is 16.5. The van der Waals surface area contributed by atoms with Gasteiger partial charge in [0.1, 0.15) is 11.6 Å². The average Bonchev–Trinajstić information content (AvgIpc) is 3.66. The van der Waals surface area contributed by atoms with Crippen LogP contribution in [0.1, 0.15) is 57.4 Å². The van der Waals surface area contributed by atoms with Gasteiger partial charge in [-0.05, 0) is 62.8 Å². The molecule has 5 rings (SSSR count). The minimum Gasteiger partial charge on any atom is -0.396 e. The summed E-state index contributed by atoms with van der Waals surface area (Å²) in [5.41, 5.74) is 0.0903. The number of benzene rings is 2. The lowest BCUT2D eigenvalue weighted by atomic mass is 9.64. The molecule has 0 aliphatic carbocycles. The number of carbonyl (C=O) groups excluding carboxylic acids is 3. The molecule has 2 aromatic rings. The maximum atomic E-state index is 15.0. The molecule has 0 aromatic heterocycles. The fourth-order valence-electron chi connectivity index (χ4n) is 8.12. The van der Waals surface area contributed by atoms with Crippen molar-refractivity contribution in [1.29, 1.82) is 0 Å². The van der Waals surface area contributed by atoms with Gasteiger partial charge in [0.05, 0.1) is 28.1 Å². The molecule has 3 amide bonds. The Bertz CT molecular complexity index is 1450. The Labute approximate surface area is 277 Å². The largest absolute Gasteiger partial charge is 0.396 e. The fourth-order valence-corrected chi connectivity index (χ4v) is 8.45. The van der Waals surface area contributed by atoms with Gasteiger partial charge >= 0.3 is 0 Å². The summed E-state index contributed by atoms with van der Waals surface area (Å²) in [6, 6.07) is 14.0. The number of nitrogens with zero attached hydrogens (tertiary/aromatic N) is 3. The second-order valence-corrected chi connectivity index (χ2v) is 13.1. The van der Waals surface area contributed by atoms with Gasteiger partial charge in [-0.25, -0.2) is 0 Å². The molecule has 46 heavy (non-hydrogen) atoms. The van der Waals surface area contributed by atoms with Crippen LogP contribution < -0.4 is 9.80 Å². The number of carbonyl (C=O) groups is 3. The predicted molar refractivity (Wildman–Crippen MR) is 182 cm³/mol. The molecule has 5 atom stereocenters. The second-order valence-electron chi connectivity index (χ2n) is 12.7. The van der Waals surface area contributed by atoms with E-state index in [-0.39, 0.29) is 37.4 Å². The number of rotatable bonds is 15. The highest BCUT2D eigenvalue weighted by Gasteiger charge is 2.79. The van der Waals surface area contributed by atoms with Crippen molar-refractivity contribution in [3.05, 3.63) is 84.4 Å². The van der Waals surface area contributed by atoms with Crippen molar-refractivity contribution in [3.63, 3.8) is 0 Å². The number of aliphatic hydroxyl groups is 1. The number of hydrogen-bond donors (Lipinski definition) is 1. The van der Waals surface area contributed by atoms with Gasteiger partial charge < -0.3 is 24.5 Å². The van der Waals surface area contributed by atoms with E-state index >= 15 is 0 Å². The number of aliphatic hydroxyl groups excluding tert-OH is 1. The van der Waals surface area contributed by atoms with Crippen molar-refractivity contribution in [2.45, 2.75) is 76.0 Å². The summed E-state index contributed by atoms with van der Waals surface area (Å²) < 4.78 is 7.05. The number of aryl methyl sites for hydroxylation is 1. The molecule has 246 valence electrons. The summed E-state index contributed by atoms with van der Waals surface area (Å²) in [5.74, 6) is -2.26. The minimum atomic E-state index is -1.17. The van der Waals surface area contributed by atoms with Crippen LogP contribution in [-0.4, -0.2) is 71.2 Å². The lowest BCUT2D eigenvalue weighted by Crippen LogP contribution is -2.57. The van der Waals surface area contributed by atoms with E-state index in [0.29, 0.717) is 49.4 Å². The summed E-state index contributed by atoms with van der Waals surface area (Å²) in [7, 11) is 0. The molecule has 3 aliphatic rings. The maximum absolute atomic E-state index is 15.0. The number of halogens is 1. The molecule has 1 N–H and O–H groups in total. The van der Waals surface area contributed by atoms with Gasteiger partial charge in [0.15, 0.2) is 0 Å². The van der Waals surface area contributed by atoms with E-state index in [2.05, 4.69) is 13.2 Å². The van der Waals surface area contributed by atoms with Crippen molar-refractivity contribution in [3.8, 4) is 0 Å². The minimum absolute atomic E-state index is 0.113. The third-order valence-electron chi connectivity index (χ3n) is 10.2. The highest BCUT2D eigenvalue weighted by molar-refractivity contribution is 6.34. The molecule has 9 heteroatoms. The quantitative estimate of drug-likeness (QED) is 0.187. The van der Waals surface area contributed by atoms with E-state index in [1.54, 1.807) is 32.9 Å². The van der Waals surface area contributed by atoms with Crippen LogP contribution in [0.4, 0.5) is 11.4 Å². The van der Waals surface area contributed by atoms with E-state index in [0.717, 1.165) is 24.1 Å². The smallest absolute Gasteiger partial charge is 0.253 e. The Kier molecular flexibility index (Phi) is 10.4. The predicted octanol–water partition coefficient (Wildman–Crippen LogP) is 6.09. The molecule has 3 heterocycles. The van der Waals surface area contributed by atoms with Gasteiger partial charge in [-0.3, -0.25) is 14.4 Å². The summed E-state index contributed by atoms with van der Waals surface area (Å²) in [4.78, 5) is 49.4. The zero-order valence-corrected chi connectivity index (χ0v) is 27.8. The Hall–Kier alpha value is -3.46. The first kappa shape index (κ1) is 33.9. The van der Waals surface area contributed by atoms with E-state index in [1.165, 1.54) is 0 Å². The molecule has 3 aliphatic heterocycles. The van der Waals surface area contributed by atoms with Crippen molar-refractivity contribution in [2.75, 3.05) is 36.0 Å². The highest BCUT2D eigenvalue weighted by atomic mass is 35.5. The van der Waals surface area contributed by atoms with Crippen LogP contribution in [-0.2, 0) is 19.1 Å². The van der Waals surface area contributed by atoms with Gasteiger partial charge in [-0.2, -0.15) is 0 Å². The molecule has 8 nitrogen and oxygen atoms in total. The van der Waals surface area contributed by atoms with Crippen molar-refractivity contribution in [1.82, 2.24) is 4.90 Å². The monoisotopic (exact) mass is 647 g/mol. The number of unbranched alkanes of at least 4 members (excludes halogenated alkanes) is 3. The summed E-state index contributed by atoms with van der Waals surface area (Å²) >= 11 is 6.71. The Morgan fingerprint density at radius 1 is 1.00 bits per heavy atom. The van der Waals surface area contributed by atoms with E-state index < -0.39 is 29.1 Å². The number of ether oxygens (including phenoxy) is 1. The van der Waals surface area contributed by atoms with Crippen molar-refractivity contribution in [2.24, 2.45) is 11.8 Å².